The first-order valence-corrected chi connectivity index (χ1v) is 13.5. The van der Waals surface area contributed by atoms with Crippen LogP contribution in [0.5, 0.6) is 0 Å². The molecule has 0 bridgehead atoms. The molecule has 5 rings (SSSR count). The van der Waals surface area contributed by atoms with Crippen LogP contribution in [0.1, 0.15) is 73.6 Å². The van der Waals surface area contributed by atoms with Crippen LogP contribution in [0.4, 0.5) is 18.9 Å². The van der Waals surface area contributed by atoms with Gasteiger partial charge in [-0.25, -0.2) is 22.4 Å². The van der Waals surface area contributed by atoms with Gasteiger partial charge in [0.1, 0.15) is 17.9 Å². The highest BCUT2D eigenvalue weighted by atomic mass is 19.3. The minimum atomic E-state index is -2.68. The maximum absolute atomic E-state index is 14.4. The van der Waals surface area contributed by atoms with Gasteiger partial charge < -0.3 is 15.7 Å². The minimum absolute atomic E-state index is 0.0492. The number of aromatic nitrogens is 6. The van der Waals surface area contributed by atoms with Crippen LogP contribution in [-0.2, 0) is 0 Å². The van der Waals surface area contributed by atoms with Gasteiger partial charge in [0.2, 0.25) is 0 Å². The number of hydrogen-bond acceptors (Lipinski definition) is 8. The number of alkyl halides is 3. The highest BCUT2D eigenvalue weighted by molar-refractivity contribution is 6.00. The quantitative estimate of drug-likeness (QED) is 0.266. The number of rotatable bonds is 9. The maximum atomic E-state index is 14.4. The van der Waals surface area contributed by atoms with Crippen LogP contribution in [0.2, 0.25) is 0 Å². The van der Waals surface area contributed by atoms with E-state index in [1.54, 1.807) is 16.6 Å². The number of halogens is 3. The van der Waals surface area contributed by atoms with Crippen molar-refractivity contribution in [2.45, 2.75) is 69.8 Å². The van der Waals surface area contributed by atoms with Crippen LogP contribution in [0.3, 0.4) is 0 Å². The lowest BCUT2D eigenvalue weighted by molar-refractivity contribution is -0.00177. The molecule has 11 nitrogen and oxygen atoms in total. The summed E-state index contributed by atoms with van der Waals surface area (Å²) in [5.74, 6) is -0.559. The Bertz CT molecular complexity index is 1610. The van der Waals surface area contributed by atoms with Gasteiger partial charge in [0.05, 0.1) is 64.3 Å². The van der Waals surface area contributed by atoms with E-state index in [4.69, 9.17) is 0 Å². The molecule has 0 saturated heterocycles. The Kier molecular flexibility index (Phi) is 8.13. The van der Waals surface area contributed by atoms with Gasteiger partial charge in [-0.3, -0.25) is 9.78 Å². The third kappa shape index (κ3) is 6.20. The molecule has 4 aromatic rings. The Morgan fingerprint density at radius 3 is 2.62 bits per heavy atom. The predicted octanol–water partition coefficient (Wildman–Crippen LogP) is 4.23. The number of hydrogen-bond donors (Lipinski definition) is 3. The second-order valence-corrected chi connectivity index (χ2v) is 10.9. The zero-order valence-electron chi connectivity index (χ0n) is 23.0. The maximum Gasteiger partial charge on any atom is 0.283 e. The number of nitriles is 1. The first kappa shape index (κ1) is 29.0. The molecule has 4 heterocycles. The van der Waals surface area contributed by atoms with Gasteiger partial charge in [0.25, 0.3) is 12.3 Å². The molecule has 1 atom stereocenters. The Balaban J connectivity index is 1.38. The lowest BCUT2D eigenvalue weighted by Crippen LogP contribution is -2.42. The fourth-order valence-corrected chi connectivity index (χ4v) is 4.95. The van der Waals surface area contributed by atoms with Crippen molar-refractivity contribution in [3.05, 3.63) is 59.7 Å². The number of anilines is 1. The second kappa shape index (κ2) is 11.8. The fourth-order valence-electron chi connectivity index (χ4n) is 4.95. The van der Waals surface area contributed by atoms with Crippen molar-refractivity contribution in [1.29, 1.82) is 5.26 Å². The van der Waals surface area contributed by atoms with E-state index in [2.05, 4.69) is 37.1 Å². The summed E-state index contributed by atoms with van der Waals surface area (Å²) in [6.07, 6.45) is 2.43. The number of pyridine rings is 1. The molecule has 0 aromatic carbocycles. The van der Waals surface area contributed by atoms with Gasteiger partial charge in [0, 0.05) is 12.2 Å². The van der Waals surface area contributed by atoms with E-state index in [0.29, 0.717) is 53.8 Å². The molecule has 0 spiro atoms. The van der Waals surface area contributed by atoms with Gasteiger partial charge >= 0.3 is 0 Å². The van der Waals surface area contributed by atoms with Crippen molar-refractivity contribution in [3.63, 3.8) is 0 Å². The molecule has 14 heteroatoms. The molecular weight excluding hydrogens is 551 g/mol. The van der Waals surface area contributed by atoms with E-state index in [0.717, 1.165) is 0 Å². The highest BCUT2D eigenvalue weighted by Gasteiger charge is 2.29. The third-order valence-corrected chi connectivity index (χ3v) is 7.43. The SMILES string of the molecule is CC(C)(O)[C@H](F)CNC(=O)c1cnc(-c2ccc3cc(C#N)cnn23)cc1NC1CCC(n2cc(C(F)F)nn2)CC1. The number of carbonyl (C=O) groups excluding carboxylic acids is 1. The summed E-state index contributed by atoms with van der Waals surface area (Å²) in [5, 5.41) is 36.8. The van der Waals surface area contributed by atoms with Gasteiger partial charge in [-0.15, -0.1) is 5.10 Å². The lowest BCUT2D eigenvalue weighted by Gasteiger charge is -2.30. The molecule has 1 fully saturated rings. The first-order valence-electron chi connectivity index (χ1n) is 13.5. The van der Waals surface area contributed by atoms with Crippen LogP contribution in [-0.4, -0.2) is 65.0 Å². The van der Waals surface area contributed by atoms with Crippen molar-refractivity contribution in [2.24, 2.45) is 0 Å². The zero-order chi connectivity index (χ0) is 30.0. The molecule has 220 valence electrons. The molecule has 1 amide bonds. The molecule has 42 heavy (non-hydrogen) atoms. The van der Waals surface area contributed by atoms with Crippen molar-refractivity contribution in [1.82, 2.24) is 34.9 Å². The first-order chi connectivity index (χ1) is 20.0. The van der Waals surface area contributed by atoms with E-state index in [1.807, 2.05) is 12.1 Å². The van der Waals surface area contributed by atoms with Crippen LogP contribution >= 0.6 is 0 Å². The van der Waals surface area contributed by atoms with Crippen LogP contribution in [0.25, 0.3) is 16.9 Å². The third-order valence-electron chi connectivity index (χ3n) is 7.43. The van der Waals surface area contributed by atoms with Crippen molar-refractivity contribution in [3.8, 4) is 17.5 Å². The molecular formula is C28H30F3N9O2. The van der Waals surface area contributed by atoms with Crippen LogP contribution in [0.15, 0.2) is 42.9 Å². The molecule has 1 saturated carbocycles. The Morgan fingerprint density at radius 1 is 1.19 bits per heavy atom. The Morgan fingerprint density at radius 2 is 1.95 bits per heavy atom. The van der Waals surface area contributed by atoms with Gasteiger partial charge in [0.15, 0.2) is 0 Å². The summed E-state index contributed by atoms with van der Waals surface area (Å²) in [4.78, 5) is 17.6. The molecule has 1 aliphatic rings. The smallest absolute Gasteiger partial charge is 0.283 e. The number of aliphatic hydroxyl groups is 1. The zero-order valence-corrected chi connectivity index (χ0v) is 23.0. The largest absolute Gasteiger partial charge is 0.387 e. The highest BCUT2D eigenvalue weighted by Crippen LogP contribution is 2.32. The predicted molar refractivity (Wildman–Crippen MR) is 147 cm³/mol. The van der Waals surface area contributed by atoms with Crippen molar-refractivity contribution >= 4 is 17.1 Å². The summed E-state index contributed by atoms with van der Waals surface area (Å²) in [6.45, 7) is 2.26. The molecule has 4 aromatic heterocycles. The van der Waals surface area contributed by atoms with E-state index in [1.165, 1.54) is 37.1 Å². The van der Waals surface area contributed by atoms with E-state index >= 15 is 0 Å². The van der Waals surface area contributed by atoms with Gasteiger partial charge in [-0.2, -0.15) is 10.4 Å². The fraction of sp³-hybridized carbons (Fsp3) is 0.429. The molecule has 3 N–H and O–H groups in total. The molecule has 1 aliphatic carbocycles. The minimum Gasteiger partial charge on any atom is -0.387 e. The summed E-state index contributed by atoms with van der Waals surface area (Å²) >= 11 is 0. The Hall–Kier alpha value is -4.51. The average Bonchev–Trinajstić information content (AvgIpc) is 3.63. The number of nitrogens with one attached hydrogen (secondary N) is 2. The summed E-state index contributed by atoms with van der Waals surface area (Å²) < 4.78 is 43.4. The molecule has 0 aliphatic heterocycles. The average molecular weight is 582 g/mol. The number of fused-ring (bicyclic) bond motifs is 1. The molecule has 0 radical (unpaired) electrons. The van der Waals surface area contributed by atoms with Crippen molar-refractivity contribution in [2.75, 3.05) is 11.9 Å². The van der Waals surface area contributed by atoms with Crippen molar-refractivity contribution < 1.29 is 23.1 Å². The Labute approximate surface area is 239 Å². The second-order valence-electron chi connectivity index (χ2n) is 10.9. The monoisotopic (exact) mass is 581 g/mol. The van der Waals surface area contributed by atoms with E-state index < -0.39 is 24.1 Å². The number of nitrogens with zero attached hydrogens (tertiary/aromatic N) is 7. The standard InChI is InChI=1S/C28H30F3N9O2/c1-28(2,42)25(29)14-34-27(41)20-13-33-22(24-8-7-19-9-16(11-32)12-35-40(19)24)10-21(20)36-17-3-5-18(6-4-17)39-15-23(26(30)31)37-38-39/h7-10,12-13,15,17-18,25-26,42H,3-6,14H2,1-2H3,(H,33,36)(H,34,41)/t17?,18?,25-/m1/s1. The van der Waals surface area contributed by atoms with Gasteiger partial charge in [-0.05, 0) is 63.8 Å². The van der Waals surface area contributed by atoms with E-state index in [9.17, 15) is 28.3 Å². The number of amides is 1. The number of carbonyl (C=O) groups is 1. The topological polar surface area (TPSA) is 146 Å². The normalized spacial score (nSPS) is 18.1. The lowest BCUT2D eigenvalue weighted by atomic mass is 9.91. The van der Waals surface area contributed by atoms with E-state index in [-0.39, 0.29) is 29.9 Å². The summed E-state index contributed by atoms with van der Waals surface area (Å²) in [6, 6.07) is 8.98. The summed E-state index contributed by atoms with van der Waals surface area (Å²) in [5.41, 5.74) is 0.965. The van der Waals surface area contributed by atoms with Gasteiger partial charge in [-0.1, -0.05) is 5.21 Å². The van der Waals surface area contributed by atoms with Crippen LogP contribution < -0.4 is 10.6 Å². The van der Waals surface area contributed by atoms with Crippen LogP contribution in [0, 0.1) is 11.3 Å². The molecule has 0 unspecified atom stereocenters. The summed E-state index contributed by atoms with van der Waals surface area (Å²) in [7, 11) is 0.